The number of carboxylic acids is 1. The van der Waals surface area contributed by atoms with Crippen molar-refractivity contribution >= 4 is 34.7 Å². The lowest BCUT2D eigenvalue weighted by Gasteiger charge is -2.26. The molecule has 0 aromatic carbocycles. The summed E-state index contributed by atoms with van der Waals surface area (Å²) in [6.07, 6.45) is 4.54. The van der Waals surface area contributed by atoms with Crippen molar-refractivity contribution in [2.24, 2.45) is 5.92 Å². The fourth-order valence-corrected chi connectivity index (χ4v) is 2.68. The van der Waals surface area contributed by atoms with Crippen molar-refractivity contribution in [1.82, 2.24) is 8.85 Å². The highest BCUT2D eigenvalue weighted by Crippen LogP contribution is 2.24. The van der Waals surface area contributed by atoms with Crippen LogP contribution in [0.2, 0.25) is 0 Å². The number of nitrogens with one attached hydrogen (secondary N) is 2. The van der Waals surface area contributed by atoms with Crippen molar-refractivity contribution in [3.8, 4) is 0 Å². The molecule has 0 unspecified atom stereocenters. The van der Waals surface area contributed by atoms with Gasteiger partial charge in [-0.25, -0.2) is 0 Å². The summed E-state index contributed by atoms with van der Waals surface area (Å²) >= 11 is 2.16. The average Bonchev–Trinajstić information content (AvgIpc) is 2.34. The molecule has 0 aromatic heterocycles. The van der Waals surface area contributed by atoms with Crippen LogP contribution in [-0.4, -0.2) is 29.6 Å². The van der Waals surface area contributed by atoms with Gasteiger partial charge in [0, 0.05) is 47.8 Å². The van der Waals surface area contributed by atoms with Gasteiger partial charge in [0.05, 0.1) is 0 Å². The maximum Gasteiger partial charge on any atom is 0.303 e. The van der Waals surface area contributed by atoms with Gasteiger partial charge >= 0.3 is 5.97 Å². The number of hydrogen-bond donors (Lipinski definition) is 3. The van der Waals surface area contributed by atoms with Crippen LogP contribution in [0.3, 0.4) is 0 Å². The second-order valence-electron chi connectivity index (χ2n) is 4.45. The molecule has 6 heteroatoms. The molecule has 1 aliphatic carbocycles. The predicted molar refractivity (Wildman–Crippen MR) is 72.8 cm³/mol. The number of amides is 1. The highest BCUT2D eigenvalue weighted by atomic mass is 127. The first-order chi connectivity index (χ1) is 8.13. The second kappa shape index (κ2) is 7.86. The number of hydrogen-bond acceptors (Lipinski definition) is 3. The fourth-order valence-electron chi connectivity index (χ4n) is 2.06. The lowest BCUT2D eigenvalue weighted by molar-refractivity contribution is -0.137. The summed E-state index contributed by atoms with van der Waals surface area (Å²) in [7, 11) is 0. The molecule has 0 atom stereocenters. The van der Waals surface area contributed by atoms with Crippen LogP contribution in [0.1, 0.15) is 38.5 Å². The second-order valence-corrected chi connectivity index (χ2v) is 5.07. The van der Waals surface area contributed by atoms with Gasteiger partial charge in [-0.05, 0) is 32.1 Å². The molecule has 0 bridgehead atoms. The van der Waals surface area contributed by atoms with E-state index in [1.54, 1.807) is 0 Å². The van der Waals surface area contributed by atoms with Crippen LogP contribution in [0.15, 0.2) is 0 Å². The van der Waals surface area contributed by atoms with Gasteiger partial charge in [-0.2, -0.15) is 0 Å². The normalized spacial score (nSPS) is 24.3. The Morgan fingerprint density at radius 1 is 1.24 bits per heavy atom. The number of rotatable bonds is 6. The third kappa shape index (κ3) is 5.67. The molecule has 0 radical (unpaired) electrons. The highest BCUT2D eigenvalue weighted by molar-refractivity contribution is 14.1. The summed E-state index contributed by atoms with van der Waals surface area (Å²) < 4.78 is 3.20. The molecule has 1 fully saturated rings. The molecule has 17 heavy (non-hydrogen) atoms. The van der Waals surface area contributed by atoms with E-state index in [1.165, 1.54) is 0 Å². The number of halogens is 1. The third-order valence-corrected chi connectivity index (χ3v) is 4.00. The zero-order valence-corrected chi connectivity index (χ0v) is 11.9. The minimum absolute atomic E-state index is 0.0855. The molecule has 0 aliphatic heterocycles. The lowest BCUT2D eigenvalue weighted by atomic mass is 9.86. The Labute approximate surface area is 115 Å². The zero-order chi connectivity index (χ0) is 12.7. The van der Waals surface area contributed by atoms with Crippen LogP contribution < -0.4 is 8.85 Å². The molecule has 0 aromatic rings. The summed E-state index contributed by atoms with van der Waals surface area (Å²) in [6, 6.07) is 0.534. The Morgan fingerprint density at radius 3 is 2.41 bits per heavy atom. The Bertz CT molecular complexity index is 265. The van der Waals surface area contributed by atoms with E-state index >= 15 is 0 Å². The molecule has 1 amide bonds. The van der Waals surface area contributed by atoms with Crippen LogP contribution in [0, 0.1) is 5.92 Å². The molecule has 1 rings (SSSR count). The predicted octanol–water partition coefficient (Wildman–Crippen LogP) is 1.47. The van der Waals surface area contributed by atoms with E-state index in [4.69, 9.17) is 5.11 Å². The maximum atomic E-state index is 11.8. The monoisotopic (exact) mass is 354 g/mol. The van der Waals surface area contributed by atoms with Crippen LogP contribution in [0.5, 0.6) is 0 Å². The SMILES string of the molecule is O=C(O)CCCNC(=O)[C@H]1CC[C@H](NI)CC1. The molecule has 1 aliphatic rings. The quantitative estimate of drug-likeness (QED) is 0.384. The minimum atomic E-state index is -0.812. The van der Waals surface area contributed by atoms with E-state index in [1.807, 2.05) is 0 Å². The van der Waals surface area contributed by atoms with Crippen LogP contribution in [0.4, 0.5) is 0 Å². The smallest absolute Gasteiger partial charge is 0.303 e. The first kappa shape index (κ1) is 14.7. The lowest BCUT2D eigenvalue weighted by Crippen LogP contribution is -2.36. The largest absolute Gasteiger partial charge is 0.481 e. The molecule has 5 nitrogen and oxygen atoms in total. The molecule has 98 valence electrons. The van der Waals surface area contributed by atoms with Crippen molar-refractivity contribution in [2.45, 2.75) is 44.6 Å². The average molecular weight is 354 g/mol. The Kier molecular flexibility index (Phi) is 6.79. The van der Waals surface area contributed by atoms with E-state index < -0.39 is 5.97 Å². The van der Waals surface area contributed by atoms with E-state index in [-0.39, 0.29) is 18.2 Å². The number of carboxylic acid groups (broad SMARTS) is 1. The highest BCUT2D eigenvalue weighted by Gasteiger charge is 2.25. The van der Waals surface area contributed by atoms with Gasteiger partial charge in [0.15, 0.2) is 0 Å². The molecule has 3 N–H and O–H groups in total. The van der Waals surface area contributed by atoms with Crippen molar-refractivity contribution in [3.05, 3.63) is 0 Å². The van der Waals surface area contributed by atoms with Gasteiger partial charge in [-0.3, -0.25) is 13.1 Å². The van der Waals surface area contributed by atoms with E-state index in [9.17, 15) is 9.59 Å². The molecular formula is C11H19IN2O3. The van der Waals surface area contributed by atoms with E-state index in [2.05, 4.69) is 31.7 Å². The van der Waals surface area contributed by atoms with Crippen molar-refractivity contribution in [2.75, 3.05) is 6.54 Å². The third-order valence-electron chi connectivity index (χ3n) is 3.12. The van der Waals surface area contributed by atoms with Gasteiger partial charge in [-0.1, -0.05) is 0 Å². The van der Waals surface area contributed by atoms with Crippen molar-refractivity contribution < 1.29 is 14.7 Å². The number of carbonyl (C=O) groups excluding carboxylic acids is 1. The Hall–Kier alpha value is -0.370. The molecule has 0 heterocycles. The fraction of sp³-hybridized carbons (Fsp3) is 0.818. The van der Waals surface area contributed by atoms with Crippen LogP contribution in [-0.2, 0) is 9.59 Å². The first-order valence-electron chi connectivity index (χ1n) is 5.99. The van der Waals surface area contributed by atoms with Gasteiger partial charge in [0.1, 0.15) is 0 Å². The molecular weight excluding hydrogens is 335 g/mol. The molecule has 1 saturated carbocycles. The minimum Gasteiger partial charge on any atom is -0.481 e. The van der Waals surface area contributed by atoms with Crippen molar-refractivity contribution in [3.63, 3.8) is 0 Å². The van der Waals surface area contributed by atoms with Crippen molar-refractivity contribution in [1.29, 1.82) is 0 Å². The number of aliphatic carboxylic acids is 1. The topological polar surface area (TPSA) is 78.4 Å². The van der Waals surface area contributed by atoms with Crippen LogP contribution >= 0.6 is 22.9 Å². The van der Waals surface area contributed by atoms with E-state index in [0.29, 0.717) is 19.0 Å². The zero-order valence-electron chi connectivity index (χ0n) is 9.75. The maximum absolute atomic E-state index is 11.8. The Balaban J connectivity index is 2.14. The summed E-state index contributed by atoms with van der Waals surface area (Å²) in [5.74, 6) is -0.615. The number of carbonyl (C=O) groups is 2. The van der Waals surface area contributed by atoms with E-state index in [0.717, 1.165) is 25.7 Å². The first-order valence-corrected chi connectivity index (χ1v) is 7.07. The van der Waals surface area contributed by atoms with Gasteiger partial charge < -0.3 is 10.4 Å². The summed E-state index contributed by atoms with van der Waals surface area (Å²) in [5.41, 5.74) is 0. The summed E-state index contributed by atoms with van der Waals surface area (Å²) in [5, 5.41) is 11.3. The molecule has 0 spiro atoms. The van der Waals surface area contributed by atoms with Gasteiger partial charge in [0.2, 0.25) is 5.91 Å². The van der Waals surface area contributed by atoms with Gasteiger partial charge in [-0.15, -0.1) is 0 Å². The Morgan fingerprint density at radius 2 is 1.88 bits per heavy atom. The standard InChI is InChI=1S/C11H19IN2O3/c12-14-9-5-3-8(4-6-9)11(17)13-7-1-2-10(15)16/h8-9,14H,1-7H2,(H,13,17)(H,15,16)/t8-,9-. The summed E-state index contributed by atoms with van der Waals surface area (Å²) in [6.45, 7) is 0.468. The summed E-state index contributed by atoms with van der Waals surface area (Å²) in [4.78, 5) is 22.1. The van der Waals surface area contributed by atoms with Gasteiger partial charge in [0.25, 0.3) is 0 Å². The van der Waals surface area contributed by atoms with Crippen LogP contribution in [0.25, 0.3) is 0 Å². The molecule has 0 saturated heterocycles.